The van der Waals surface area contributed by atoms with Crippen LogP contribution < -0.4 is 24.8 Å². The van der Waals surface area contributed by atoms with Gasteiger partial charge >= 0.3 is 208 Å². The maximum atomic E-state index is 2.74. The molecule has 3 heteroatoms. The van der Waals surface area contributed by atoms with E-state index in [1.54, 1.807) is 20.0 Å². The second-order valence-corrected chi connectivity index (χ2v) is 16.4. The van der Waals surface area contributed by atoms with Gasteiger partial charge in [-0.3, -0.25) is 0 Å². The smallest absolute Gasteiger partial charge is 1.00 e. The summed E-state index contributed by atoms with van der Waals surface area (Å²) in [5.74, 6) is 0.546. The van der Waals surface area contributed by atoms with Gasteiger partial charge in [-0.2, -0.15) is 0 Å². The molecular formula is C32H34Cl2Zr. The van der Waals surface area contributed by atoms with Crippen LogP contribution in [0.3, 0.4) is 0 Å². The summed E-state index contributed by atoms with van der Waals surface area (Å²) in [6.45, 7) is 14.0. The number of rotatable bonds is 3. The molecule has 0 radical (unpaired) electrons. The number of benzene rings is 3. The Morgan fingerprint density at radius 2 is 1.26 bits per heavy atom. The van der Waals surface area contributed by atoms with E-state index in [1.807, 2.05) is 0 Å². The first-order chi connectivity index (χ1) is 15.8. The zero-order valence-corrected chi connectivity index (χ0v) is 25.5. The molecule has 0 fully saturated rings. The third-order valence-corrected chi connectivity index (χ3v) is 15.7. The molecule has 180 valence electrons. The molecule has 0 N–H and O–H groups in total. The molecule has 1 atom stereocenters. The van der Waals surface area contributed by atoms with Crippen molar-refractivity contribution in [3.63, 3.8) is 0 Å². The van der Waals surface area contributed by atoms with Crippen LogP contribution in [0.1, 0.15) is 67.4 Å². The van der Waals surface area contributed by atoms with Crippen LogP contribution in [-0.2, 0) is 26.7 Å². The summed E-state index contributed by atoms with van der Waals surface area (Å²) in [5.41, 5.74) is 12.0. The summed E-state index contributed by atoms with van der Waals surface area (Å²) >= 11 is -2.33. The minimum atomic E-state index is -2.33. The molecule has 0 heterocycles. The summed E-state index contributed by atoms with van der Waals surface area (Å²) in [7, 11) is 0. The summed E-state index contributed by atoms with van der Waals surface area (Å²) < 4.78 is 5.04. The van der Waals surface area contributed by atoms with Crippen molar-refractivity contribution in [1.29, 1.82) is 0 Å². The Morgan fingerprint density at radius 3 is 1.71 bits per heavy atom. The fourth-order valence-electron chi connectivity index (χ4n) is 5.68. The van der Waals surface area contributed by atoms with E-state index in [0.29, 0.717) is 9.54 Å². The van der Waals surface area contributed by atoms with Crippen molar-refractivity contribution in [1.82, 2.24) is 0 Å². The monoisotopic (exact) mass is 578 g/mol. The van der Waals surface area contributed by atoms with E-state index < -0.39 is 21.3 Å². The van der Waals surface area contributed by atoms with Crippen LogP contribution in [0.15, 0.2) is 93.3 Å². The number of hydrogen-bond donors (Lipinski definition) is 0. The Hall–Kier alpha value is -1.53. The van der Waals surface area contributed by atoms with Crippen molar-refractivity contribution in [3.8, 4) is 11.1 Å². The molecule has 0 aliphatic heterocycles. The SMILES string of the molecule is CC1=CC(C)[C](/[Zr+2](=[CH]/c2ccc(C(C)(C)C)cc2)[CH]2c3ccccc3-c3ccccc32)=C1C.[Cl-].[Cl-]. The maximum absolute atomic E-state index is 2.74. The first-order valence-corrected chi connectivity index (χ1v) is 16.2. The van der Waals surface area contributed by atoms with Gasteiger partial charge in [0.25, 0.3) is 0 Å². The van der Waals surface area contributed by atoms with Crippen molar-refractivity contribution in [2.75, 3.05) is 0 Å². The average molecular weight is 581 g/mol. The van der Waals surface area contributed by atoms with E-state index in [4.69, 9.17) is 0 Å². The van der Waals surface area contributed by atoms with Gasteiger partial charge in [-0.05, 0) is 0 Å². The number of allylic oxidation sites excluding steroid dienone is 4. The van der Waals surface area contributed by atoms with Crippen LogP contribution >= 0.6 is 0 Å². The number of hydrogen-bond acceptors (Lipinski definition) is 0. The molecule has 35 heavy (non-hydrogen) atoms. The molecule has 2 aliphatic carbocycles. The second-order valence-electron chi connectivity index (χ2n) is 10.8. The van der Waals surface area contributed by atoms with E-state index in [2.05, 4.69) is 124 Å². The van der Waals surface area contributed by atoms with E-state index >= 15 is 0 Å². The molecular weight excluding hydrogens is 546 g/mol. The van der Waals surface area contributed by atoms with Gasteiger partial charge in [0.15, 0.2) is 0 Å². The Kier molecular flexibility index (Phi) is 8.69. The minimum Gasteiger partial charge on any atom is -1.00 e. The standard InChI is InChI=1S/C13H9.C11H14.C8H11.2ClH.Zr/c1-3-7-12-10(5-1)9-11-6-2-4-8-13(11)12;1-9-5-7-10(8-6-9)11(2,3)4;1-6-4-7(2)8(3)5-6;;;/h1-9H;1,5-8H,2-4H3;4,6H,1-3H3;2*1H;/q;;;;;+2/p-2. The fourth-order valence-corrected chi connectivity index (χ4v) is 14.5. The van der Waals surface area contributed by atoms with Gasteiger partial charge < -0.3 is 24.8 Å². The molecule has 3 aromatic rings. The molecule has 3 aromatic carbocycles. The van der Waals surface area contributed by atoms with Gasteiger partial charge in [0.1, 0.15) is 0 Å². The molecule has 0 bridgehead atoms. The zero-order chi connectivity index (χ0) is 23.3. The van der Waals surface area contributed by atoms with Crippen molar-refractivity contribution < 1.29 is 46.1 Å². The van der Waals surface area contributed by atoms with Crippen LogP contribution in [0.2, 0.25) is 0 Å². The summed E-state index contributed by atoms with van der Waals surface area (Å²) in [6, 6.07) is 27.7. The zero-order valence-electron chi connectivity index (χ0n) is 21.5. The molecule has 1 unspecified atom stereocenters. The van der Waals surface area contributed by atoms with Crippen molar-refractivity contribution in [2.24, 2.45) is 5.92 Å². The van der Waals surface area contributed by atoms with Crippen LogP contribution in [0.5, 0.6) is 0 Å². The Labute approximate surface area is 231 Å². The van der Waals surface area contributed by atoms with E-state index in [1.165, 1.54) is 27.8 Å². The van der Waals surface area contributed by atoms with Crippen molar-refractivity contribution >= 4 is 3.71 Å². The molecule has 0 saturated carbocycles. The topological polar surface area (TPSA) is 0 Å². The van der Waals surface area contributed by atoms with Gasteiger partial charge in [0.2, 0.25) is 0 Å². The van der Waals surface area contributed by atoms with Gasteiger partial charge in [-0.15, -0.1) is 0 Å². The minimum absolute atomic E-state index is 0. The van der Waals surface area contributed by atoms with Gasteiger partial charge in [-0.1, -0.05) is 0 Å². The Morgan fingerprint density at radius 1 is 0.743 bits per heavy atom. The Balaban J connectivity index is 0.00000171. The van der Waals surface area contributed by atoms with Crippen LogP contribution in [0.25, 0.3) is 11.1 Å². The summed E-state index contributed by atoms with van der Waals surface area (Å²) in [4.78, 5) is 0. The number of halogens is 2. The molecule has 5 rings (SSSR count). The van der Waals surface area contributed by atoms with Crippen LogP contribution in [0.4, 0.5) is 0 Å². The quantitative estimate of drug-likeness (QED) is 0.447. The predicted octanol–water partition coefficient (Wildman–Crippen LogP) is 2.40. The van der Waals surface area contributed by atoms with Crippen LogP contribution in [-0.4, -0.2) is 3.71 Å². The van der Waals surface area contributed by atoms with Gasteiger partial charge in [-0.25, -0.2) is 0 Å². The van der Waals surface area contributed by atoms with Crippen molar-refractivity contribution in [2.45, 2.75) is 50.6 Å². The molecule has 0 aromatic heterocycles. The molecule has 0 spiro atoms. The third-order valence-electron chi connectivity index (χ3n) is 7.51. The third kappa shape index (κ3) is 5.16. The summed E-state index contributed by atoms with van der Waals surface area (Å²) in [5, 5.41) is 0. The molecule has 2 aliphatic rings. The average Bonchev–Trinajstić information content (AvgIpc) is 3.25. The maximum Gasteiger partial charge on any atom is -1.00 e. The number of fused-ring (bicyclic) bond motifs is 3. The first kappa shape index (κ1) is 28.1. The van der Waals surface area contributed by atoms with Gasteiger partial charge in [0, 0.05) is 0 Å². The van der Waals surface area contributed by atoms with Crippen LogP contribution in [0, 0.1) is 5.92 Å². The fraction of sp³-hybridized carbons (Fsp3) is 0.281. The summed E-state index contributed by atoms with van der Waals surface area (Å²) in [6.07, 6.45) is 2.49. The normalized spacial score (nSPS) is 16.9. The van der Waals surface area contributed by atoms with E-state index in [-0.39, 0.29) is 30.2 Å². The first-order valence-electron chi connectivity index (χ1n) is 12.2. The van der Waals surface area contributed by atoms with Crippen molar-refractivity contribution in [3.05, 3.63) is 116 Å². The Bertz CT molecular complexity index is 1270. The van der Waals surface area contributed by atoms with E-state index in [0.717, 1.165) is 0 Å². The van der Waals surface area contributed by atoms with Gasteiger partial charge in [0.05, 0.1) is 0 Å². The second kappa shape index (κ2) is 10.8. The molecule has 0 saturated heterocycles. The molecule has 0 amide bonds. The molecule has 0 nitrogen and oxygen atoms in total. The largest absolute Gasteiger partial charge is 1.00 e. The predicted molar refractivity (Wildman–Crippen MR) is 140 cm³/mol. The van der Waals surface area contributed by atoms with E-state index in [9.17, 15) is 0 Å².